The summed E-state index contributed by atoms with van der Waals surface area (Å²) in [5.41, 5.74) is 3.60. The number of unbranched alkanes of at least 4 members (excludes halogenated alkanes) is 2. The fourth-order valence-electron chi connectivity index (χ4n) is 2.17. The number of rotatable bonds is 7. The molecule has 0 aliphatic heterocycles. The van der Waals surface area contributed by atoms with Gasteiger partial charge in [-0.05, 0) is 47.2 Å². The number of hydrogen-bond donors (Lipinski definition) is 2. The summed E-state index contributed by atoms with van der Waals surface area (Å²) >= 11 is 3.76. The van der Waals surface area contributed by atoms with Crippen molar-refractivity contribution in [1.29, 1.82) is 0 Å². The van der Waals surface area contributed by atoms with E-state index in [0.29, 0.717) is 17.6 Å². The van der Waals surface area contributed by atoms with Crippen molar-refractivity contribution >= 4 is 18.9 Å². The van der Waals surface area contributed by atoms with Gasteiger partial charge in [0.1, 0.15) is 6.29 Å². The molecular formula is C21H25FO2S. The van der Waals surface area contributed by atoms with Crippen LogP contribution in [0.15, 0.2) is 54.6 Å². The van der Waals surface area contributed by atoms with Crippen molar-refractivity contribution < 1.29 is 14.3 Å². The van der Waals surface area contributed by atoms with Crippen LogP contribution in [-0.2, 0) is 11.2 Å². The highest BCUT2D eigenvalue weighted by molar-refractivity contribution is 7.80. The number of aryl methyl sites for hydroxylation is 1. The molecule has 1 N–H and O–H groups in total. The number of phenols is 1. The van der Waals surface area contributed by atoms with Crippen LogP contribution in [0.1, 0.15) is 31.7 Å². The normalized spacial score (nSPS) is 9.88. The fraction of sp³-hybridized carbons (Fsp3) is 0.286. The van der Waals surface area contributed by atoms with Crippen molar-refractivity contribution in [3.05, 3.63) is 66.0 Å². The number of aromatic hydroxyl groups is 1. The molecule has 2 aromatic rings. The highest BCUT2D eigenvalue weighted by Crippen LogP contribution is 2.25. The Labute approximate surface area is 154 Å². The van der Waals surface area contributed by atoms with Crippen LogP contribution in [0, 0.1) is 5.82 Å². The summed E-state index contributed by atoms with van der Waals surface area (Å²) in [6.45, 7) is 5.54. The molecule has 2 nitrogen and oxygen atoms in total. The van der Waals surface area contributed by atoms with Gasteiger partial charge in [0.25, 0.3) is 0 Å². The summed E-state index contributed by atoms with van der Waals surface area (Å²) in [5.74, 6) is -0.423. The zero-order valence-electron chi connectivity index (χ0n) is 14.5. The second-order valence-corrected chi connectivity index (χ2v) is 6.07. The molecule has 134 valence electrons. The van der Waals surface area contributed by atoms with Gasteiger partial charge >= 0.3 is 0 Å². The number of phenolic OH excluding ortho intramolecular Hbond substituents is 1. The molecule has 0 saturated heterocycles. The lowest BCUT2D eigenvalue weighted by molar-refractivity contribution is -0.104. The summed E-state index contributed by atoms with van der Waals surface area (Å²) in [4.78, 5) is 9.59. The second-order valence-electron chi connectivity index (χ2n) is 5.75. The molecular weight excluding hydrogens is 335 g/mol. The maximum atomic E-state index is 13.3. The molecule has 0 aliphatic carbocycles. The Morgan fingerprint density at radius 3 is 2.28 bits per heavy atom. The molecule has 0 aliphatic rings. The lowest BCUT2D eigenvalue weighted by atomic mass is 10.0. The van der Waals surface area contributed by atoms with Gasteiger partial charge in [0.2, 0.25) is 0 Å². The topological polar surface area (TPSA) is 37.3 Å². The number of carbonyl (C=O) groups is 1. The highest BCUT2D eigenvalue weighted by Gasteiger charge is 2.03. The van der Waals surface area contributed by atoms with Crippen molar-refractivity contribution in [2.24, 2.45) is 0 Å². The summed E-state index contributed by atoms with van der Waals surface area (Å²) in [5, 5.41) is 9.18. The van der Waals surface area contributed by atoms with E-state index in [4.69, 9.17) is 0 Å². The monoisotopic (exact) mass is 360 g/mol. The van der Waals surface area contributed by atoms with Crippen LogP contribution >= 0.6 is 12.6 Å². The van der Waals surface area contributed by atoms with E-state index in [1.165, 1.54) is 37.0 Å². The summed E-state index contributed by atoms with van der Waals surface area (Å²) in [7, 11) is 0. The molecule has 2 aromatic carbocycles. The largest absolute Gasteiger partial charge is 0.505 e. The zero-order chi connectivity index (χ0) is 18.7. The minimum Gasteiger partial charge on any atom is -0.505 e. The third-order valence-electron chi connectivity index (χ3n) is 3.67. The quantitative estimate of drug-likeness (QED) is 0.292. The van der Waals surface area contributed by atoms with E-state index in [-0.39, 0.29) is 5.75 Å². The van der Waals surface area contributed by atoms with Crippen LogP contribution in [0.2, 0.25) is 0 Å². The van der Waals surface area contributed by atoms with E-state index in [0.717, 1.165) is 17.5 Å². The van der Waals surface area contributed by atoms with E-state index in [1.54, 1.807) is 6.07 Å². The Bertz CT molecular complexity index is 681. The highest BCUT2D eigenvalue weighted by atomic mass is 32.1. The van der Waals surface area contributed by atoms with Crippen LogP contribution in [-0.4, -0.2) is 17.1 Å². The Balaban J connectivity index is 0.000000450. The van der Waals surface area contributed by atoms with Crippen molar-refractivity contribution in [3.63, 3.8) is 0 Å². The molecule has 0 spiro atoms. The van der Waals surface area contributed by atoms with Crippen LogP contribution < -0.4 is 0 Å². The second kappa shape index (κ2) is 11.5. The summed E-state index contributed by atoms with van der Waals surface area (Å²) in [6, 6.07) is 12.7. The van der Waals surface area contributed by atoms with Gasteiger partial charge in [-0.2, -0.15) is 12.6 Å². The third-order valence-corrected chi connectivity index (χ3v) is 4.08. The Morgan fingerprint density at radius 2 is 1.80 bits per heavy atom. The fourth-order valence-corrected chi connectivity index (χ4v) is 2.24. The lowest BCUT2D eigenvalue weighted by Crippen LogP contribution is -1.86. The lowest BCUT2D eigenvalue weighted by Gasteiger charge is -2.05. The Kier molecular flexibility index (Phi) is 9.63. The maximum Gasteiger partial charge on any atom is 0.165 e. The molecule has 0 bridgehead atoms. The molecule has 25 heavy (non-hydrogen) atoms. The maximum absolute atomic E-state index is 13.3. The van der Waals surface area contributed by atoms with Crippen LogP contribution in [0.25, 0.3) is 11.1 Å². The van der Waals surface area contributed by atoms with Crippen molar-refractivity contribution in [2.75, 3.05) is 5.75 Å². The van der Waals surface area contributed by atoms with E-state index >= 15 is 0 Å². The van der Waals surface area contributed by atoms with Crippen LogP contribution in [0.3, 0.4) is 0 Å². The van der Waals surface area contributed by atoms with Crippen molar-refractivity contribution in [2.45, 2.75) is 32.6 Å². The van der Waals surface area contributed by atoms with Gasteiger partial charge in [-0.15, -0.1) is 0 Å². The third kappa shape index (κ3) is 7.57. The number of aldehydes is 1. The number of thiol groups is 1. The number of carbonyl (C=O) groups excluding carboxylic acids is 1. The average Bonchev–Trinajstić information content (AvgIpc) is 2.64. The van der Waals surface area contributed by atoms with Crippen molar-refractivity contribution in [1.82, 2.24) is 0 Å². The first kappa shape index (κ1) is 21.0. The summed E-state index contributed by atoms with van der Waals surface area (Å²) < 4.78 is 13.3. The minimum absolute atomic E-state index is 0.306. The van der Waals surface area contributed by atoms with Crippen LogP contribution in [0.5, 0.6) is 5.75 Å². The molecule has 0 amide bonds. The smallest absolute Gasteiger partial charge is 0.165 e. The van der Waals surface area contributed by atoms with Gasteiger partial charge in [-0.25, -0.2) is 4.39 Å². The van der Waals surface area contributed by atoms with E-state index < -0.39 is 5.82 Å². The number of hydrogen-bond acceptors (Lipinski definition) is 3. The molecule has 0 atom stereocenters. The minimum atomic E-state index is -0.579. The predicted molar refractivity (Wildman–Crippen MR) is 106 cm³/mol. The first-order valence-corrected chi connectivity index (χ1v) is 8.96. The van der Waals surface area contributed by atoms with Gasteiger partial charge < -0.3 is 5.11 Å². The first-order chi connectivity index (χ1) is 12.0. The standard InChI is InChI=1S/C17H19FO.C4H6OS/c1-2-3-4-5-13-6-8-14(9-7-13)15-10-11-17(19)16(18)12-15;1-4(2-5)3-6/h6-12,19H,2-5H2,1H3;2,6H,1,3H2. The average molecular weight is 360 g/mol. The molecule has 4 heteroatoms. The van der Waals surface area contributed by atoms with Crippen molar-refractivity contribution in [3.8, 4) is 16.9 Å². The Morgan fingerprint density at radius 1 is 1.16 bits per heavy atom. The zero-order valence-corrected chi connectivity index (χ0v) is 15.4. The van der Waals surface area contributed by atoms with E-state index in [9.17, 15) is 14.3 Å². The number of benzene rings is 2. The predicted octanol–water partition coefficient (Wildman–Crippen LogP) is 5.60. The molecule has 0 aromatic heterocycles. The van der Waals surface area contributed by atoms with Crippen LogP contribution in [0.4, 0.5) is 4.39 Å². The SMILES string of the molecule is C=C(C=O)CS.CCCCCc1ccc(-c2ccc(O)c(F)c2)cc1. The van der Waals surface area contributed by atoms with Gasteiger partial charge in [0.15, 0.2) is 11.6 Å². The van der Waals surface area contributed by atoms with Gasteiger partial charge in [-0.1, -0.05) is 56.7 Å². The molecule has 0 fully saturated rings. The first-order valence-electron chi connectivity index (χ1n) is 8.33. The summed E-state index contributed by atoms with van der Waals surface area (Å²) in [6.07, 6.45) is 5.49. The molecule has 0 unspecified atom stereocenters. The molecule has 0 radical (unpaired) electrons. The van der Waals surface area contributed by atoms with E-state index in [1.807, 2.05) is 12.1 Å². The molecule has 0 heterocycles. The van der Waals surface area contributed by atoms with Gasteiger partial charge in [0, 0.05) is 5.75 Å². The molecule has 0 saturated carbocycles. The van der Waals surface area contributed by atoms with Gasteiger partial charge in [-0.3, -0.25) is 4.79 Å². The van der Waals surface area contributed by atoms with E-state index in [2.05, 4.69) is 38.3 Å². The number of halogens is 1. The van der Waals surface area contributed by atoms with Gasteiger partial charge in [0.05, 0.1) is 0 Å². The molecule has 2 rings (SSSR count). The Hall–Kier alpha value is -2.07.